The van der Waals surface area contributed by atoms with Crippen LogP contribution in [-0.4, -0.2) is 54.9 Å². The van der Waals surface area contributed by atoms with Gasteiger partial charge in [-0.05, 0) is 36.4 Å². The van der Waals surface area contributed by atoms with Crippen LogP contribution in [0.25, 0.3) is 0 Å². The van der Waals surface area contributed by atoms with Crippen molar-refractivity contribution in [3.8, 4) is 11.8 Å². The molecule has 1 aliphatic rings. The second kappa shape index (κ2) is 10.7. The Morgan fingerprint density at radius 1 is 1.09 bits per heavy atom. The number of amides is 1. The number of methoxy groups -OCH3 is 1. The smallest absolute Gasteiger partial charge is 0.234 e. The Balaban J connectivity index is 1.29. The van der Waals surface area contributed by atoms with Gasteiger partial charge in [-0.15, -0.1) is 0 Å². The predicted molar refractivity (Wildman–Crippen MR) is 130 cm³/mol. The van der Waals surface area contributed by atoms with Crippen LogP contribution < -0.4 is 19.9 Å². The lowest BCUT2D eigenvalue weighted by atomic mass is 10.2. The highest BCUT2D eigenvalue weighted by Gasteiger charge is 2.19. The standard InChI is InChI=1S/C24H24N6O2S/c1-32-21-4-2-3-20(13-21)29-9-11-30(12-10-29)22-14-24(27-17-26-22)33-16-23(31)28-19-7-5-18(15-25)6-8-19/h2-8,13-14,17H,9-12,16H2,1H3,(H,28,31). The van der Waals surface area contributed by atoms with Crippen molar-refractivity contribution in [3.63, 3.8) is 0 Å². The average Bonchev–Trinajstić information content (AvgIpc) is 2.88. The molecule has 0 saturated carbocycles. The number of hydrogen-bond acceptors (Lipinski definition) is 8. The van der Waals surface area contributed by atoms with E-state index in [1.54, 1.807) is 37.7 Å². The molecular weight excluding hydrogens is 436 g/mol. The number of carbonyl (C=O) groups is 1. The van der Waals surface area contributed by atoms with E-state index in [1.165, 1.54) is 11.8 Å². The van der Waals surface area contributed by atoms with Crippen molar-refractivity contribution < 1.29 is 9.53 Å². The van der Waals surface area contributed by atoms with Gasteiger partial charge in [-0.2, -0.15) is 5.26 Å². The average molecular weight is 461 g/mol. The Bertz CT molecular complexity index is 1140. The highest BCUT2D eigenvalue weighted by molar-refractivity contribution is 7.99. The lowest BCUT2D eigenvalue weighted by Gasteiger charge is -2.36. The number of anilines is 3. The number of carbonyl (C=O) groups excluding carboxylic acids is 1. The first-order valence-corrected chi connectivity index (χ1v) is 11.5. The van der Waals surface area contributed by atoms with Gasteiger partial charge in [0.1, 0.15) is 22.9 Å². The third kappa shape index (κ3) is 5.93. The Morgan fingerprint density at radius 3 is 2.58 bits per heavy atom. The van der Waals surface area contributed by atoms with Crippen molar-refractivity contribution in [2.24, 2.45) is 0 Å². The Morgan fingerprint density at radius 2 is 1.85 bits per heavy atom. The van der Waals surface area contributed by atoms with Gasteiger partial charge in [0.25, 0.3) is 0 Å². The van der Waals surface area contributed by atoms with Gasteiger partial charge >= 0.3 is 0 Å². The molecule has 0 atom stereocenters. The van der Waals surface area contributed by atoms with Gasteiger partial charge < -0.3 is 19.9 Å². The van der Waals surface area contributed by atoms with E-state index in [0.29, 0.717) is 11.3 Å². The largest absolute Gasteiger partial charge is 0.497 e. The van der Waals surface area contributed by atoms with Gasteiger partial charge in [0, 0.05) is 49.7 Å². The number of nitriles is 1. The van der Waals surface area contributed by atoms with Crippen LogP contribution in [0.2, 0.25) is 0 Å². The molecule has 9 heteroatoms. The number of thioether (sulfide) groups is 1. The summed E-state index contributed by atoms with van der Waals surface area (Å²) < 4.78 is 5.34. The van der Waals surface area contributed by atoms with Gasteiger partial charge in [-0.25, -0.2) is 9.97 Å². The minimum atomic E-state index is -0.128. The Hall–Kier alpha value is -3.77. The van der Waals surface area contributed by atoms with E-state index in [9.17, 15) is 4.79 Å². The molecule has 1 aliphatic heterocycles. The molecule has 1 fully saturated rings. The van der Waals surface area contributed by atoms with E-state index in [0.717, 1.165) is 48.5 Å². The quantitative estimate of drug-likeness (QED) is 0.423. The highest BCUT2D eigenvalue weighted by atomic mass is 32.2. The second-order valence-electron chi connectivity index (χ2n) is 7.42. The zero-order valence-electron chi connectivity index (χ0n) is 18.3. The lowest BCUT2D eigenvalue weighted by Crippen LogP contribution is -2.46. The third-order valence-electron chi connectivity index (χ3n) is 5.30. The fourth-order valence-corrected chi connectivity index (χ4v) is 4.21. The molecule has 1 amide bonds. The molecule has 33 heavy (non-hydrogen) atoms. The summed E-state index contributed by atoms with van der Waals surface area (Å²) in [5.74, 6) is 1.83. The van der Waals surface area contributed by atoms with Gasteiger partial charge in [0.05, 0.1) is 24.5 Å². The molecule has 8 nitrogen and oxygen atoms in total. The SMILES string of the molecule is COc1cccc(N2CCN(c3cc(SCC(=O)Nc4ccc(C#N)cc4)ncn3)CC2)c1. The van der Waals surface area contributed by atoms with Crippen LogP contribution in [0.5, 0.6) is 5.75 Å². The zero-order valence-corrected chi connectivity index (χ0v) is 19.1. The maximum Gasteiger partial charge on any atom is 0.234 e. The molecule has 0 bridgehead atoms. The van der Waals surface area contributed by atoms with Crippen molar-refractivity contribution in [2.75, 3.05) is 54.2 Å². The number of benzene rings is 2. The number of nitrogens with zero attached hydrogens (tertiary/aromatic N) is 5. The van der Waals surface area contributed by atoms with Crippen molar-refractivity contribution in [3.05, 3.63) is 66.5 Å². The van der Waals surface area contributed by atoms with E-state index in [4.69, 9.17) is 10.00 Å². The molecular formula is C24H24N6O2S. The first-order valence-electron chi connectivity index (χ1n) is 10.5. The molecule has 0 unspecified atom stereocenters. The third-order valence-corrected chi connectivity index (χ3v) is 6.22. The summed E-state index contributed by atoms with van der Waals surface area (Å²) in [6.07, 6.45) is 1.55. The van der Waals surface area contributed by atoms with Crippen molar-refractivity contribution in [2.45, 2.75) is 5.03 Å². The number of rotatable bonds is 7. The van der Waals surface area contributed by atoms with Crippen LogP contribution in [0.15, 0.2) is 66.0 Å². The Kier molecular flexibility index (Phi) is 7.27. The predicted octanol–water partition coefficient (Wildman–Crippen LogP) is 3.41. The lowest BCUT2D eigenvalue weighted by molar-refractivity contribution is -0.113. The van der Waals surface area contributed by atoms with Crippen molar-refractivity contribution in [1.82, 2.24) is 9.97 Å². The number of nitrogens with one attached hydrogen (secondary N) is 1. The molecule has 168 valence electrons. The van der Waals surface area contributed by atoms with Crippen LogP contribution in [0.4, 0.5) is 17.2 Å². The summed E-state index contributed by atoms with van der Waals surface area (Å²) in [7, 11) is 1.68. The fraction of sp³-hybridized carbons (Fsp3) is 0.250. The molecule has 2 aromatic carbocycles. The molecule has 1 saturated heterocycles. The fourth-order valence-electron chi connectivity index (χ4n) is 3.55. The van der Waals surface area contributed by atoms with Crippen LogP contribution in [-0.2, 0) is 4.79 Å². The molecule has 1 aromatic heterocycles. The topological polar surface area (TPSA) is 94.4 Å². The summed E-state index contributed by atoms with van der Waals surface area (Å²) >= 11 is 1.37. The van der Waals surface area contributed by atoms with E-state index in [2.05, 4.69) is 43.3 Å². The molecule has 0 radical (unpaired) electrons. The normalized spacial score (nSPS) is 13.3. The summed E-state index contributed by atoms with van der Waals surface area (Å²) in [5, 5.41) is 12.4. The van der Waals surface area contributed by atoms with E-state index in [-0.39, 0.29) is 11.7 Å². The van der Waals surface area contributed by atoms with Crippen molar-refractivity contribution in [1.29, 1.82) is 5.26 Å². The number of hydrogen-bond donors (Lipinski definition) is 1. The summed E-state index contributed by atoms with van der Waals surface area (Å²) in [6, 6.07) is 18.9. The van der Waals surface area contributed by atoms with E-state index >= 15 is 0 Å². The first-order chi connectivity index (χ1) is 16.1. The molecule has 1 N–H and O–H groups in total. The van der Waals surface area contributed by atoms with Crippen LogP contribution >= 0.6 is 11.8 Å². The van der Waals surface area contributed by atoms with E-state index in [1.807, 2.05) is 18.2 Å². The Labute approximate surface area is 197 Å². The molecule has 4 rings (SSSR count). The van der Waals surface area contributed by atoms with Gasteiger partial charge in [0.15, 0.2) is 0 Å². The molecule has 2 heterocycles. The number of ether oxygens (including phenoxy) is 1. The highest BCUT2D eigenvalue weighted by Crippen LogP contribution is 2.25. The van der Waals surface area contributed by atoms with Crippen molar-refractivity contribution >= 4 is 34.9 Å². The summed E-state index contributed by atoms with van der Waals surface area (Å²) in [5.41, 5.74) is 2.37. The van der Waals surface area contributed by atoms with Gasteiger partial charge in [0.2, 0.25) is 5.91 Å². The van der Waals surface area contributed by atoms with Crippen LogP contribution in [0.3, 0.4) is 0 Å². The van der Waals surface area contributed by atoms with Gasteiger partial charge in [-0.3, -0.25) is 4.79 Å². The minimum absolute atomic E-state index is 0.128. The minimum Gasteiger partial charge on any atom is -0.497 e. The maximum atomic E-state index is 12.3. The van der Waals surface area contributed by atoms with Crippen LogP contribution in [0.1, 0.15) is 5.56 Å². The molecule has 0 spiro atoms. The summed E-state index contributed by atoms with van der Waals surface area (Å²) in [6.45, 7) is 3.45. The van der Waals surface area contributed by atoms with Crippen LogP contribution in [0, 0.1) is 11.3 Å². The van der Waals surface area contributed by atoms with Gasteiger partial charge in [-0.1, -0.05) is 17.8 Å². The monoisotopic (exact) mass is 460 g/mol. The molecule has 3 aromatic rings. The number of piperazine rings is 1. The first kappa shape index (κ1) is 22.4. The van der Waals surface area contributed by atoms with E-state index < -0.39 is 0 Å². The second-order valence-corrected chi connectivity index (χ2v) is 8.41. The maximum absolute atomic E-state index is 12.3. The molecule has 0 aliphatic carbocycles. The number of aromatic nitrogens is 2. The zero-order chi connectivity index (χ0) is 23.0. The summed E-state index contributed by atoms with van der Waals surface area (Å²) in [4.78, 5) is 25.6.